The third kappa shape index (κ3) is 4.57. The number of esters is 2. The minimum Gasteiger partial charge on any atom is -0.461 e. The van der Waals surface area contributed by atoms with Gasteiger partial charge in [-0.2, -0.15) is 0 Å². The zero-order chi connectivity index (χ0) is 21.0. The van der Waals surface area contributed by atoms with E-state index in [-0.39, 0.29) is 23.6 Å². The average molecular weight is 390 g/mol. The van der Waals surface area contributed by atoms with E-state index in [1.165, 1.54) is 19.1 Å². The van der Waals surface area contributed by atoms with Crippen molar-refractivity contribution < 1.29 is 28.2 Å². The van der Waals surface area contributed by atoms with Gasteiger partial charge in [0.15, 0.2) is 6.10 Å². The molecule has 0 saturated heterocycles. The molecule has 2 N–H and O–H groups in total. The van der Waals surface area contributed by atoms with Gasteiger partial charge in [-0.15, -0.1) is 0 Å². The Hall–Kier alpha value is -3.16. The second-order valence-corrected chi connectivity index (χ2v) is 6.35. The first-order valence-corrected chi connectivity index (χ1v) is 8.80. The van der Waals surface area contributed by atoms with Crippen molar-refractivity contribution in [3.63, 3.8) is 0 Å². The number of carbonyl (C=O) groups is 3. The molecule has 7 nitrogen and oxygen atoms in total. The van der Waals surface area contributed by atoms with E-state index in [4.69, 9.17) is 9.47 Å². The standard InChI is InChI=1S/C20H23FN2O5/c1-6-27-20(26)17-11(3)16(12(4)22-17)19(25)28-13(5)18(24)23-14-8-7-10(2)15(21)9-14/h7-9,13,22H,6H2,1-5H3,(H,23,24)/t13-/m1/s1. The quantitative estimate of drug-likeness (QED) is 0.737. The molecule has 1 amide bonds. The predicted octanol–water partition coefficient (Wildman–Crippen LogP) is 3.44. The van der Waals surface area contributed by atoms with Crippen molar-refractivity contribution in [2.24, 2.45) is 0 Å². The van der Waals surface area contributed by atoms with Crippen LogP contribution in [0.4, 0.5) is 10.1 Å². The molecule has 1 aromatic heterocycles. The van der Waals surface area contributed by atoms with Gasteiger partial charge < -0.3 is 19.8 Å². The van der Waals surface area contributed by atoms with Gasteiger partial charge in [-0.25, -0.2) is 14.0 Å². The van der Waals surface area contributed by atoms with Gasteiger partial charge in [0.2, 0.25) is 0 Å². The van der Waals surface area contributed by atoms with E-state index in [9.17, 15) is 18.8 Å². The Morgan fingerprint density at radius 1 is 1.18 bits per heavy atom. The number of hydrogen-bond acceptors (Lipinski definition) is 5. The number of aryl methyl sites for hydroxylation is 2. The van der Waals surface area contributed by atoms with E-state index in [0.29, 0.717) is 16.8 Å². The first kappa shape index (κ1) is 21.1. The second-order valence-electron chi connectivity index (χ2n) is 6.35. The lowest BCUT2D eigenvalue weighted by atomic mass is 10.1. The molecule has 1 aromatic carbocycles. The summed E-state index contributed by atoms with van der Waals surface area (Å²) in [7, 11) is 0. The highest BCUT2D eigenvalue weighted by Gasteiger charge is 2.26. The number of H-pyrrole nitrogens is 1. The molecule has 0 fully saturated rings. The van der Waals surface area contributed by atoms with Crippen molar-refractivity contribution >= 4 is 23.5 Å². The number of halogens is 1. The van der Waals surface area contributed by atoms with E-state index in [0.717, 1.165) is 0 Å². The molecule has 1 heterocycles. The van der Waals surface area contributed by atoms with Gasteiger partial charge in [0.25, 0.3) is 5.91 Å². The fourth-order valence-corrected chi connectivity index (χ4v) is 2.65. The van der Waals surface area contributed by atoms with Crippen LogP contribution in [-0.4, -0.2) is 35.5 Å². The van der Waals surface area contributed by atoms with Crippen LogP contribution in [0.5, 0.6) is 0 Å². The number of aromatic nitrogens is 1. The molecule has 8 heteroatoms. The van der Waals surface area contributed by atoms with Crippen molar-refractivity contribution in [2.45, 2.75) is 40.7 Å². The molecule has 2 aromatic rings. The molecular formula is C20H23FN2O5. The number of hydrogen-bond donors (Lipinski definition) is 2. The van der Waals surface area contributed by atoms with E-state index < -0.39 is 29.8 Å². The maximum atomic E-state index is 13.6. The van der Waals surface area contributed by atoms with Crippen molar-refractivity contribution in [3.05, 3.63) is 52.1 Å². The summed E-state index contributed by atoms with van der Waals surface area (Å²) in [5.74, 6) is -2.38. The summed E-state index contributed by atoms with van der Waals surface area (Å²) in [4.78, 5) is 39.5. The number of ether oxygens (including phenoxy) is 2. The number of aromatic amines is 1. The molecule has 0 unspecified atom stereocenters. The Labute approximate surface area is 162 Å². The Kier molecular flexibility index (Phi) is 6.56. The Morgan fingerprint density at radius 3 is 2.46 bits per heavy atom. The predicted molar refractivity (Wildman–Crippen MR) is 101 cm³/mol. The monoisotopic (exact) mass is 390 g/mol. The Bertz CT molecular complexity index is 920. The van der Waals surface area contributed by atoms with Crippen LogP contribution in [0.1, 0.15) is 51.5 Å². The van der Waals surface area contributed by atoms with Gasteiger partial charge in [-0.3, -0.25) is 4.79 Å². The number of nitrogens with one attached hydrogen (secondary N) is 2. The molecule has 0 saturated carbocycles. The molecule has 0 aliphatic carbocycles. The van der Waals surface area contributed by atoms with Crippen LogP contribution in [-0.2, 0) is 14.3 Å². The molecule has 1 atom stereocenters. The number of carbonyl (C=O) groups excluding carboxylic acids is 3. The highest BCUT2D eigenvalue weighted by Crippen LogP contribution is 2.21. The van der Waals surface area contributed by atoms with Gasteiger partial charge >= 0.3 is 11.9 Å². The molecule has 0 spiro atoms. The summed E-state index contributed by atoms with van der Waals surface area (Å²) in [6.45, 7) is 8.10. The van der Waals surface area contributed by atoms with Crippen molar-refractivity contribution in [2.75, 3.05) is 11.9 Å². The highest BCUT2D eigenvalue weighted by atomic mass is 19.1. The first-order chi connectivity index (χ1) is 13.1. The van der Waals surface area contributed by atoms with Crippen LogP contribution in [0.15, 0.2) is 18.2 Å². The summed E-state index contributed by atoms with van der Waals surface area (Å²) in [6.07, 6.45) is -1.13. The molecule has 2 rings (SSSR count). The summed E-state index contributed by atoms with van der Waals surface area (Å²) >= 11 is 0. The minimum atomic E-state index is -1.13. The largest absolute Gasteiger partial charge is 0.461 e. The zero-order valence-electron chi connectivity index (χ0n) is 16.4. The highest BCUT2D eigenvalue weighted by molar-refractivity contribution is 6.01. The maximum Gasteiger partial charge on any atom is 0.355 e. The second kappa shape index (κ2) is 8.69. The molecule has 0 radical (unpaired) electrons. The SMILES string of the molecule is CCOC(=O)c1[nH]c(C)c(C(=O)O[C@H](C)C(=O)Nc2ccc(C)c(F)c2)c1C. The van der Waals surface area contributed by atoms with Crippen LogP contribution >= 0.6 is 0 Å². The topological polar surface area (TPSA) is 97.5 Å². The third-order valence-corrected chi connectivity index (χ3v) is 4.21. The number of amides is 1. The molecule has 0 aliphatic heterocycles. The maximum absolute atomic E-state index is 13.6. The fraction of sp³-hybridized carbons (Fsp3) is 0.350. The van der Waals surface area contributed by atoms with E-state index in [1.54, 1.807) is 33.8 Å². The lowest BCUT2D eigenvalue weighted by molar-refractivity contribution is -0.123. The van der Waals surface area contributed by atoms with Crippen LogP contribution < -0.4 is 5.32 Å². The minimum absolute atomic E-state index is 0.165. The third-order valence-electron chi connectivity index (χ3n) is 4.21. The van der Waals surface area contributed by atoms with Gasteiger partial charge in [0, 0.05) is 11.4 Å². The zero-order valence-corrected chi connectivity index (χ0v) is 16.4. The van der Waals surface area contributed by atoms with Crippen molar-refractivity contribution in [1.29, 1.82) is 0 Å². The Balaban J connectivity index is 2.10. The Morgan fingerprint density at radius 2 is 1.86 bits per heavy atom. The molecule has 0 aliphatic rings. The lowest BCUT2D eigenvalue weighted by Gasteiger charge is -2.14. The van der Waals surface area contributed by atoms with Crippen LogP contribution in [0.25, 0.3) is 0 Å². The number of benzene rings is 1. The van der Waals surface area contributed by atoms with E-state index >= 15 is 0 Å². The summed E-state index contributed by atoms with van der Waals surface area (Å²) in [6, 6.07) is 4.27. The van der Waals surface area contributed by atoms with Crippen LogP contribution in [0, 0.1) is 26.6 Å². The smallest absolute Gasteiger partial charge is 0.355 e. The summed E-state index contributed by atoms with van der Waals surface area (Å²) < 4.78 is 23.8. The number of rotatable bonds is 6. The van der Waals surface area contributed by atoms with Gasteiger partial charge in [-0.1, -0.05) is 6.07 Å². The van der Waals surface area contributed by atoms with Crippen molar-refractivity contribution in [3.8, 4) is 0 Å². The van der Waals surface area contributed by atoms with Gasteiger partial charge in [0.1, 0.15) is 11.5 Å². The normalized spacial score (nSPS) is 11.6. The molecule has 0 bridgehead atoms. The van der Waals surface area contributed by atoms with E-state index in [2.05, 4.69) is 10.3 Å². The molecule has 150 valence electrons. The number of anilines is 1. The van der Waals surface area contributed by atoms with Gasteiger partial charge in [0.05, 0.1) is 12.2 Å². The molecule has 28 heavy (non-hydrogen) atoms. The van der Waals surface area contributed by atoms with Crippen LogP contribution in [0.3, 0.4) is 0 Å². The average Bonchev–Trinajstić information content (AvgIpc) is 2.92. The fourth-order valence-electron chi connectivity index (χ4n) is 2.65. The summed E-state index contributed by atoms with van der Waals surface area (Å²) in [5, 5.41) is 2.50. The summed E-state index contributed by atoms with van der Waals surface area (Å²) in [5.41, 5.74) is 1.86. The van der Waals surface area contributed by atoms with Crippen molar-refractivity contribution in [1.82, 2.24) is 4.98 Å². The molecular weight excluding hydrogens is 367 g/mol. The van der Waals surface area contributed by atoms with Gasteiger partial charge in [-0.05, 0) is 57.9 Å². The first-order valence-electron chi connectivity index (χ1n) is 8.80. The lowest BCUT2D eigenvalue weighted by Crippen LogP contribution is -2.30. The van der Waals surface area contributed by atoms with E-state index in [1.807, 2.05) is 0 Å². The van der Waals surface area contributed by atoms with Crippen LogP contribution in [0.2, 0.25) is 0 Å².